The summed E-state index contributed by atoms with van der Waals surface area (Å²) < 4.78 is 21.4. The summed E-state index contributed by atoms with van der Waals surface area (Å²) in [5.74, 6) is 0.443. The Labute approximate surface area is 153 Å². The largest absolute Gasteiger partial charge is 0.499 e. The highest BCUT2D eigenvalue weighted by Gasteiger charge is 2.06. The SMILES string of the molecule is CCC(/C=C(\C)N(C)COCCOCCOC=C(C)C)CCOCO. The van der Waals surface area contributed by atoms with Crippen molar-refractivity contribution in [3.8, 4) is 0 Å². The maximum absolute atomic E-state index is 8.66. The molecule has 0 aliphatic heterocycles. The zero-order valence-electron chi connectivity index (χ0n) is 16.6. The Hall–Kier alpha value is -1.08. The van der Waals surface area contributed by atoms with Gasteiger partial charge < -0.3 is 29.0 Å². The van der Waals surface area contributed by atoms with Gasteiger partial charge in [-0.2, -0.15) is 0 Å². The van der Waals surface area contributed by atoms with Gasteiger partial charge in [-0.25, -0.2) is 0 Å². The molecule has 1 atom stereocenters. The number of allylic oxidation sites excluding steroid dienone is 3. The summed E-state index contributed by atoms with van der Waals surface area (Å²) in [6, 6.07) is 0. The molecule has 0 aliphatic rings. The van der Waals surface area contributed by atoms with E-state index in [0.717, 1.165) is 18.4 Å². The number of hydrogen-bond donors (Lipinski definition) is 1. The summed E-state index contributed by atoms with van der Waals surface area (Å²) in [4.78, 5) is 2.08. The van der Waals surface area contributed by atoms with Crippen molar-refractivity contribution in [3.05, 3.63) is 23.6 Å². The molecule has 1 unspecified atom stereocenters. The lowest BCUT2D eigenvalue weighted by Gasteiger charge is -2.22. The highest BCUT2D eigenvalue weighted by molar-refractivity contribution is 4.99. The van der Waals surface area contributed by atoms with Gasteiger partial charge in [0.2, 0.25) is 0 Å². The van der Waals surface area contributed by atoms with Gasteiger partial charge in [0.05, 0.1) is 26.1 Å². The van der Waals surface area contributed by atoms with Crippen LogP contribution in [0.15, 0.2) is 23.6 Å². The van der Waals surface area contributed by atoms with Gasteiger partial charge in [0.1, 0.15) is 20.1 Å². The molecule has 0 saturated carbocycles. The van der Waals surface area contributed by atoms with E-state index < -0.39 is 0 Å². The first kappa shape index (κ1) is 23.9. The van der Waals surface area contributed by atoms with Crippen molar-refractivity contribution in [2.45, 2.75) is 40.5 Å². The van der Waals surface area contributed by atoms with Crippen LogP contribution in [0.1, 0.15) is 40.5 Å². The molecule has 1 N–H and O–H groups in total. The predicted molar refractivity (Wildman–Crippen MR) is 100.0 cm³/mol. The molecule has 0 aliphatic carbocycles. The molecule has 0 aromatic heterocycles. The number of nitrogens with zero attached hydrogens (tertiary/aromatic N) is 1. The third kappa shape index (κ3) is 14.9. The highest BCUT2D eigenvalue weighted by atomic mass is 16.6. The average Bonchev–Trinajstić information content (AvgIpc) is 2.58. The Morgan fingerprint density at radius 2 is 1.68 bits per heavy atom. The molecule has 0 aromatic rings. The summed E-state index contributed by atoms with van der Waals surface area (Å²) in [5, 5.41) is 8.66. The summed E-state index contributed by atoms with van der Waals surface area (Å²) in [7, 11) is 2.01. The maximum atomic E-state index is 8.66. The fourth-order valence-corrected chi connectivity index (χ4v) is 2.03. The molecule has 0 heterocycles. The molecular formula is C19H37NO5. The number of ether oxygens (including phenoxy) is 4. The molecule has 0 bridgehead atoms. The van der Waals surface area contributed by atoms with Crippen molar-refractivity contribution in [1.82, 2.24) is 4.90 Å². The molecule has 25 heavy (non-hydrogen) atoms. The Balaban J connectivity index is 3.79. The van der Waals surface area contributed by atoms with Gasteiger partial charge in [0.25, 0.3) is 0 Å². The topological polar surface area (TPSA) is 60.4 Å². The third-order valence-electron chi connectivity index (χ3n) is 3.65. The van der Waals surface area contributed by atoms with Crippen LogP contribution >= 0.6 is 0 Å². The molecule has 0 radical (unpaired) electrons. The highest BCUT2D eigenvalue weighted by Crippen LogP contribution is 2.14. The van der Waals surface area contributed by atoms with E-state index in [4.69, 9.17) is 24.1 Å². The zero-order chi connectivity index (χ0) is 18.9. The van der Waals surface area contributed by atoms with Gasteiger partial charge in [0, 0.05) is 19.4 Å². The fourth-order valence-electron chi connectivity index (χ4n) is 2.03. The van der Waals surface area contributed by atoms with E-state index in [-0.39, 0.29) is 6.79 Å². The predicted octanol–water partition coefficient (Wildman–Crippen LogP) is 3.14. The quantitative estimate of drug-likeness (QED) is 0.260. The van der Waals surface area contributed by atoms with Crippen molar-refractivity contribution >= 4 is 0 Å². The van der Waals surface area contributed by atoms with Crippen LogP contribution in [0, 0.1) is 5.92 Å². The normalized spacial score (nSPS) is 12.8. The van der Waals surface area contributed by atoms with Crippen LogP contribution in [0.4, 0.5) is 0 Å². The van der Waals surface area contributed by atoms with E-state index in [2.05, 4.69) is 24.8 Å². The third-order valence-corrected chi connectivity index (χ3v) is 3.65. The Kier molecular flexibility index (Phi) is 15.7. The zero-order valence-corrected chi connectivity index (χ0v) is 16.6. The van der Waals surface area contributed by atoms with E-state index >= 15 is 0 Å². The summed E-state index contributed by atoms with van der Waals surface area (Å²) >= 11 is 0. The second-order valence-electron chi connectivity index (χ2n) is 6.22. The molecule has 0 spiro atoms. The summed E-state index contributed by atoms with van der Waals surface area (Å²) in [6.07, 6.45) is 5.93. The van der Waals surface area contributed by atoms with Gasteiger partial charge in [-0.15, -0.1) is 0 Å². The van der Waals surface area contributed by atoms with Gasteiger partial charge in [-0.3, -0.25) is 0 Å². The number of hydrogen-bond acceptors (Lipinski definition) is 6. The second-order valence-corrected chi connectivity index (χ2v) is 6.22. The van der Waals surface area contributed by atoms with Gasteiger partial charge >= 0.3 is 0 Å². The van der Waals surface area contributed by atoms with Crippen LogP contribution in [0.25, 0.3) is 0 Å². The fraction of sp³-hybridized carbons (Fsp3) is 0.789. The van der Waals surface area contributed by atoms with Crippen molar-refractivity contribution in [2.75, 3.05) is 53.6 Å². The average molecular weight is 360 g/mol. The molecular weight excluding hydrogens is 322 g/mol. The summed E-state index contributed by atoms with van der Waals surface area (Å²) in [5.41, 5.74) is 2.31. The van der Waals surface area contributed by atoms with Crippen molar-refractivity contribution in [3.63, 3.8) is 0 Å². The van der Waals surface area contributed by atoms with E-state index in [1.54, 1.807) is 6.26 Å². The first-order valence-electron chi connectivity index (χ1n) is 8.99. The monoisotopic (exact) mass is 359 g/mol. The van der Waals surface area contributed by atoms with Gasteiger partial charge in [-0.05, 0) is 45.1 Å². The molecule has 0 amide bonds. The van der Waals surface area contributed by atoms with E-state index in [0.29, 0.717) is 45.7 Å². The minimum absolute atomic E-state index is 0.212. The first-order chi connectivity index (χ1) is 12.0. The lowest BCUT2D eigenvalue weighted by atomic mass is 10.0. The molecule has 0 fully saturated rings. The van der Waals surface area contributed by atoms with Crippen LogP contribution in [0.2, 0.25) is 0 Å². The van der Waals surface area contributed by atoms with Crippen LogP contribution in [0.3, 0.4) is 0 Å². The molecule has 0 rings (SSSR count). The minimum Gasteiger partial charge on any atom is -0.499 e. The second kappa shape index (κ2) is 16.4. The first-order valence-corrected chi connectivity index (χ1v) is 8.99. The maximum Gasteiger partial charge on any atom is 0.143 e. The van der Waals surface area contributed by atoms with E-state index in [9.17, 15) is 0 Å². The Morgan fingerprint density at radius 3 is 2.32 bits per heavy atom. The van der Waals surface area contributed by atoms with Gasteiger partial charge in [-0.1, -0.05) is 13.0 Å². The van der Waals surface area contributed by atoms with Crippen molar-refractivity contribution in [1.29, 1.82) is 0 Å². The minimum atomic E-state index is -0.212. The number of aliphatic hydroxyl groups excluding tert-OH is 1. The standard InChI is InChI=1S/C19H37NO5/c1-6-19(7-8-25-16-21)13-18(4)20(5)15-24-12-10-22-9-11-23-14-17(2)3/h13-14,19,21H,6-12,15-16H2,1-5H3/b18-13+. The van der Waals surface area contributed by atoms with Crippen LogP contribution < -0.4 is 0 Å². The number of rotatable bonds is 16. The van der Waals surface area contributed by atoms with E-state index in [1.807, 2.05) is 20.9 Å². The summed E-state index contributed by atoms with van der Waals surface area (Å²) in [6.45, 7) is 11.4. The molecule has 148 valence electrons. The lowest BCUT2D eigenvalue weighted by Crippen LogP contribution is -2.22. The molecule has 0 aromatic carbocycles. The molecule has 0 saturated heterocycles. The Morgan fingerprint density at radius 1 is 1.00 bits per heavy atom. The Bertz CT molecular complexity index is 367. The van der Waals surface area contributed by atoms with Crippen molar-refractivity contribution in [2.24, 2.45) is 5.92 Å². The van der Waals surface area contributed by atoms with Gasteiger partial charge in [0.15, 0.2) is 0 Å². The smallest absolute Gasteiger partial charge is 0.143 e. The van der Waals surface area contributed by atoms with Crippen LogP contribution in [-0.2, 0) is 18.9 Å². The van der Waals surface area contributed by atoms with Crippen LogP contribution in [-0.4, -0.2) is 63.6 Å². The van der Waals surface area contributed by atoms with E-state index in [1.165, 1.54) is 5.70 Å². The molecule has 6 heteroatoms. The van der Waals surface area contributed by atoms with Crippen LogP contribution in [0.5, 0.6) is 0 Å². The lowest BCUT2D eigenvalue weighted by molar-refractivity contribution is -0.00547. The number of aliphatic hydroxyl groups is 1. The molecule has 6 nitrogen and oxygen atoms in total. The van der Waals surface area contributed by atoms with Crippen molar-refractivity contribution < 1.29 is 24.1 Å².